The Morgan fingerprint density at radius 1 is 1.29 bits per heavy atom. The first kappa shape index (κ1) is 11.0. The number of phenols is 1. The highest BCUT2D eigenvalue weighted by Gasteiger charge is 2.11. The van der Waals surface area contributed by atoms with Gasteiger partial charge in [-0.2, -0.15) is 0 Å². The normalized spacial score (nSPS) is 15.1. The van der Waals surface area contributed by atoms with Gasteiger partial charge in [0.05, 0.1) is 6.61 Å². The zero-order valence-electron chi connectivity index (χ0n) is 8.57. The molecule has 3 nitrogen and oxygen atoms in total. The van der Waals surface area contributed by atoms with Crippen molar-refractivity contribution in [2.24, 2.45) is 0 Å². The van der Waals surface area contributed by atoms with Crippen LogP contribution < -0.4 is 5.32 Å². The molecule has 0 spiro atoms. The van der Waals surface area contributed by atoms with Crippen LogP contribution in [0, 0.1) is 0 Å². The Bertz CT molecular complexity index is 288. The first-order valence-electron chi connectivity index (χ1n) is 4.80. The Labute approximate surface area is 84.4 Å². The van der Waals surface area contributed by atoms with E-state index in [1.54, 1.807) is 12.1 Å². The van der Waals surface area contributed by atoms with Gasteiger partial charge in [-0.25, -0.2) is 0 Å². The number of phenolic OH excluding ortho intramolecular Hbond substituents is 1. The third-order valence-corrected chi connectivity index (χ3v) is 2.21. The Morgan fingerprint density at radius 2 is 1.93 bits per heavy atom. The van der Waals surface area contributed by atoms with Crippen LogP contribution >= 0.6 is 0 Å². The van der Waals surface area contributed by atoms with Crippen LogP contribution in [0.15, 0.2) is 24.3 Å². The molecule has 1 aromatic rings. The van der Waals surface area contributed by atoms with Crippen molar-refractivity contribution in [2.45, 2.75) is 25.9 Å². The monoisotopic (exact) mass is 195 g/mol. The highest BCUT2D eigenvalue weighted by Crippen LogP contribution is 2.23. The van der Waals surface area contributed by atoms with Gasteiger partial charge in [-0.1, -0.05) is 18.2 Å². The van der Waals surface area contributed by atoms with Gasteiger partial charge in [0.2, 0.25) is 0 Å². The summed E-state index contributed by atoms with van der Waals surface area (Å²) in [5.41, 5.74) is 0.854. The molecule has 2 atom stereocenters. The summed E-state index contributed by atoms with van der Waals surface area (Å²) in [4.78, 5) is 0. The second-order valence-corrected chi connectivity index (χ2v) is 3.53. The summed E-state index contributed by atoms with van der Waals surface area (Å²) in [6.07, 6.45) is 0. The van der Waals surface area contributed by atoms with Gasteiger partial charge in [-0.15, -0.1) is 0 Å². The predicted octanol–water partition coefficient (Wildman–Crippen LogP) is 1.42. The number of rotatable bonds is 4. The number of benzene rings is 1. The van der Waals surface area contributed by atoms with Crippen molar-refractivity contribution in [2.75, 3.05) is 6.61 Å². The molecule has 1 aromatic carbocycles. The van der Waals surface area contributed by atoms with Crippen molar-refractivity contribution >= 4 is 0 Å². The van der Waals surface area contributed by atoms with Gasteiger partial charge in [0.15, 0.2) is 0 Å². The van der Waals surface area contributed by atoms with Crippen LogP contribution in [0.5, 0.6) is 5.75 Å². The lowest BCUT2D eigenvalue weighted by Gasteiger charge is -2.19. The van der Waals surface area contributed by atoms with E-state index in [-0.39, 0.29) is 24.4 Å². The van der Waals surface area contributed by atoms with Crippen molar-refractivity contribution < 1.29 is 10.2 Å². The summed E-state index contributed by atoms with van der Waals surface area (Å²) >= 11 is 0. The van der Waals surface area contributed by atoms with Gasteiger partial charge in [0, 0.05) is 17.6 Å². The Balaban J connectivity index is 2.69. The first-order valence-corrected chi connectivity index (χ1v) is 4.80. The molecule has 3 heteroatoms. The summed E-state index contributed by atoms with van der Waals surface area (Å²) in [5.74, 6) is 0.289. The first-order chi connectivity index (χ1) is 6.65. The predicted molar refractivity (Wildman–Crippen MR) is 56.2 cm³/mol. The molecule has 3 N–H and O–H groups in total. The largest absolute Gasteiger partial charge is 0.508 e. The van der Waals surface area contributed by atoms with E-state index in [9.17, 15) is 5.11 Å². The fourth-order valence-corrected chi connectivity index (χ4v) is 1.42. The molecular weight excluding hydrogens is 178 g/mol. The van der Waals surface area contributed by atoms with Gasteiger partial charge >= 0.3 is 0 Å². The molecular formula is C11H17NO2. The Hall–Kier alpha value is -1.06. The lowest BCUT2D eigenvalue weighted by Crippen LogP contribution is -2.31. The van der Waals surface area contributed by atoms with Crippen molar-refractivity contribution in [3.8, 4) is 5.75 Å². The molecule has 0 aromatic heterocycles. The molecule has 0 aliphatic heterocycles. The Kier molecular flexibility index (Phi) is 3.92. The summed E-state index contributed by atoms with van der Waals surface area (Å²) in [6, 6.07) is 7.29. The number of aliphatic hydroxyl groups is 1. The van der Waals surface area contributed by atoms with Crippen LogP contribution in [0.25, 0.3) is 0 Å². The lowest BCUT2D eigenvalue weighted by atomic mass is 10.1. The fourth-order valence-electron chi connectivity index (χ4n) is 1.42. The molecule has 0 aliphatic rings. The number of nitrogens with one attached hydrogen (secondary N) is 1. The van der Waals surface area contributed by atoms with E-state index >= 15 is 0 Å². The summed E-state index contributed by atoms with van der Waals surface area (Å²) < 4.78 is 0. The molecule has 0 fully saturated rings. The van der Waals surface area contributed by atoms with E-state index in [1.165, 1.54) is 0 Å². The molecule has 0 saturated carbocycles. The minimum atomic E-state index is 0.0320. The third-order valence-electron chi connectivity index (χ3n) is 2.21. The zero-order valence-corrected chi connectivity index (χ0v) is 8.57. The van der Waals surface area contributed by atoms with E-state index in [1.807, 2.05) is 26.0 Å². The minimum Gasteiger partial charge on any atom is -0.508 e. The van der Waals surface area contributed by atoms with E-state index in [2.05, 4.69) is 5.32 Å². The highest BCUT2D eigenvalue weighted by atomic mass is 16.3. The van der Waals surface area contributed by atoms with Crippen LogP contribution in [-0.2, 0) is 0 Å². The molecule has 0 aliphatic carbocycles. The maximum atomic E-state index is 9.56. The standard InChI is InChI=1S/C11H17NO2/c1-8(7-13)12-9(2)10-5-3-4-6-11(10)14/h3-6,8-9,12-14H,7H2,1-2H3/t8-,9-/m0/s1. The van der Waals surface area contributed by atoms with Crippen LogP contribution in [-0.4, -0.2) is 22.9 Å². The number of aliphatic hydroxyl groups excluding tert-OH is 1. The molecule has 0 radical (unpaired) electrons. The number of aromatic hydroxyl groups is 1. The van der Waals surface area contributed by atoms with Gasteiger partial charge in [-0.3, -0.25) is 0 Å². The summed E-state index contributed by atoms with van der Waals surface area (Å²) in [7, 11) is 0. The van der Waals surface area contributed by atoms with Crippen LogP contribution in [0.1, 0.15) is 25.5 Å². The number of hydrogen-bond donors (Lipinski definition) is 3. The average molecular weight is 195 g/mol. The van der Waals surface area contributed by atoms with E-state index in [0.29, 0.717) is 0 Å². The molecule has 1 rings (SSSR count). The third kappa shape index (κ3) is 2.72. The SMILES string of the molecule is C[C@H](N[C@@H](C)CO)c1ccccc1O. The van der Waals surface area contributed by atoms with E-state index in [0.717, 1.165) is 5.56 Å². The van der Waals surface area contributed by atoms with E-state index < -0.39 is 0 Å². The molecule has 0 heterocycles. The summed E-state index contributed by atoms with van der Waals surface area (Å²) in [5, 5.41) is 21.6. The van der Waals surface area contributed by atoms with Crippen LogP contribution in [0.2, 0.25) is 0 Å². The second kappa shape index (κ2) is 4.98. The molecule has 14 heavy (non-hydrogen) atoms. The van der Waals surface area contributed by atoms with Crippen molar-refractivity contribution in [3.05, 3.63) is 29.8 Å². The summed E-state index contributed by atoms with van der Waals surface area (Å²) in [6.45, 7) is 3.95. The van der Waals surface area contributed by atoms with Crippen LogP contribution in [0.3, 0.4) is 0 Å². The number of hydrogen-bond acceptors (Lipinski definition) is 3. The smallest absolute Gasteiger partial charge is 0.120 e. The van der Waals surface area contributed by atoms with Gasteiger partial charge in [0.25, 0.3) is 0 Å². The van der Waals surface area contributed by atoms with Crippen molar-refractivity contribution in [1.29, 1.82) is 0 Å². The lowest BCUT2D eigenvalue weighted by molar-refractivity contribution is 0.242. The Morgan fingerprint density at radius 3 is 2.50 bits per heavy atom. The molecule has 0 bridgehead atoms. The van der Waals surface area contributed by atoms with Gasteiger partial charge < -0.3 is 15.5 Å². The quantitative estimate of drug-likeness (QED) is 0.681. The minimum absolute atomic E-state index is 0.0320. The topological polar surface area (TPSA) is 52.5 Å². The van der Waals surface area contributed by atoms with Crippen molar-refractivity contribution in [1.82, 2.24) is 5.32 Å². The molecule has 0 amide bonds. The zero-order chi connectivity index (χ0) is 10.6. The van der Waals surface area contributed by atoms with Crippen molar-refractivity contribution in [3.63, 3.8) is 0 Å². The maximum Gasteiger partial charge on any atom is 0.120 e. The maximum absolute atomic E-state index is 9.56. The second-order valence-electron chi connectivity index (χ2n) is 3.53. The highest BCUT2D eigenvalue weighted by molar-refractivity contribution is 5.34. The number of para-hydroxylation sites is 1. The molecule has 0 saturated heterocycles. The van der Waals surface area contributed by atoms with Crippen LogP contribution in [0.4, 0.5) is 0 Å². The fraction of sp³-hybridized carbons (Fsp3) is 0.455. The molecule has 0 unspecified atom stereocenters. The van der Waals surface area contributed by atoms with Gasteiger partial charge in [-0.05, 0) is 19.9 Å². The molecule has 78 valence electrons. The van der Waals surface area contributed by atoms with Gasteiger partial charge in [0.1, 0.15) is 5.75 Å². The van der Waals surface area contributed by atoms with E-state index in [4.69, 9.17) is 5.11 Å². The average Bonchev–Trinajstić information content (AvgIpc) is 2.18.